The summed E-state index contributed by atoms with van der Waals surface area (Å²) in [6.45, 7) is 2.54. The Morgan fingerprint density at radius 1 is 1.12 bits per heavy atom. The van der Waals surface area contributed by atoms with E-state index in [0.29, 0.717) is 23.4 Å². The number of sulfonamides is 1. The Balaban J connectivity index is 1.49. The van der Waals surface area contributed by atoms with Gasteiger partial charge in [-0.05, 0) is 36.8 Å². The first-order valence-corrected chi connectivity index (χ1v) is 12.2. The number of carbonyl (C=O) groups excluding carboxylic acids is 2. The summed E-state index contributed by atoms with van der Waals surface area (Å²) < 4.78 is 43.6. The Bertz CT molecular complexity index is 1340. The maximum absolute atomic E-state index is 13.3. The molecule has 0 spiro atoms. The van der Waals surface area contributed by atoms with Gasteiger partial charge >= 0.3 is 0 Å². The predicted molar refractivity (Wildman–Crippen MR) is 121 cm³/mol. The number of nitrogens with two attached hydrogens (primary N) is 1. The molecule has 3 aromatic rings. The van der Waals surface area contributed by atoms with Crippen LogP contribution in [0.1, 0.15) is 33.5 Å². The monoisotopic (exact) mass is 488 g/mol. The molecule has 0 radical (unpaired) electrons. The van der Waals surface area contributed by atoms with Gasteiger partial charge in [-0.1, -0.05) is 6.92 Å². The lowest BCUT2D eigenvalue weighted by Gasteiger charge is -2.33. The van der Waals surface area contributed by atoms with E-state index in [0.717, 1.165) is 0 Å². The maximum atomic E-state index is 13.3. The summed E-state index contributed by atoms with van der Waals surface area (Å²) in [5.41, 5.74) is 7.15. The van der Waals surface area contributed by atoms with Crippen molar-refractivity contribution >= 4 is 21.8 Å². The van der Waals surface area contributed by atoms with E-state index < -0.39 is 15.9 Å². The van der Waals surface area contributed by atoms with E-state index in [9.17, 15) is 22.4 Å². The molecule has 180 valence electrons. The van der Waals surface area contributed by atoms with Crippen molar-refractivity contribution in [1.29, 1.82) is 0 Å². The number of primary amides is 1. The Labute approximate surface area is 196 Å². The fourth-order valence-corrected chi connectivity index (χ4v) is 5.56. The molecule has 4 rings (SSSR count). The van der Waals surface area contributed by atoms with Gasteiger partial charge in [0.05, 0.1) is 23.1 Å². The molecule has 0 aliphatic carbocycles. The molecule has 1 aliphatic heterocycles. The number of hydrogen-bond acceptors (Lipinski definition) is 5. The quantitative estimate of drug-likeness (QED) is 0.558. The van der Waals surface area contributed by atoms with E-state index in [2.05, 4.69) is 5.10 Å². The molecule has 1 fully saturated rings. The van der Waals surface area contributed by atoms with E-state index in [1.807, 2.05) is 6.92 Å². The molecule has 1 aromatic carbocycles. The molecule has 12 heteroatoms. The number of rotatable bonds is 6. The summed E-state index contributed by atoms with van der Waals surface area (Å²) in [6, 6.07) is 7.10. The minimum Gasteiger partial charge on any atom is -0.364 e. The minimum absolute atomic E-state index is 0.0163. The molecule has 2 amide bonds. The van der Waals surface area contributed by atoms with Crippen LogP contribution in [0.25, 0.3) is 5.69 Å². The number of halogens is 1. The van der Waals surface area contributed by atoms with Crippen molar-refractivity contribution < 1.29 is 22.4 Å². The van der Waals surface area contributed by atoms with E-state index in [4.69, 9.17) is 5.73 Å². The lowest BCUT2D eigenvalue weighted by molar-refractivity contribution is 0.0696. The fraction of sp³-hybridized carbons (Fsp3) is 0.318. The number of piperazine rings is 1. The number of hydrogen-bond donors (Lipinski definition) is 1. The molecule has 2 aromatic heterocycles. The highest BCUT2D eigenvalue weighted by Crippen LogP contribution is 2.22. The third-order valence-electron chi connectivity index (χ3n) is 5.90. The number of benzene rings is 1. The highest BCUT2D eigenvalue weighted by molar-refractivity contribution is 7.89. The number of aromatic nitrogens is 3. The van der Waals surface area contributed by atoms with Crippen molar-refractivity contribution in [2.45, 2.75) is 18.2 Å². The van der Waals surface area contributed by atoms with E-state index in [-0.39, 0.29) is 48.5 Å². The van der Waals surface area contributed by atoms with Crippen molar-refractivity contribution in [3.05, 3.63) is 65.5 Å². The van der Waals surface area contributed by atoms with Gasteiger partial charge in [0.15, 0.2) is 0 Å². The summed E-state index contributed by atoms with van der Waals surface area (Å²) in [4.78, 5) is 26.3. The third kappa shape index (κ3) is 4.21. The molecule has 0 saturated carbocycles. The number of nitrogens with zero attached hydrogens (tertiary/aromatic N) is 5. The topological polar surface area (TPSA) is 124 Å². The largest absolute Gasteiger partial charge is 0.364 e. The lowest BCUT2D eigenvalue weighted by atomic mass is 10.1. The highest BCUT2D eigenvalue weighted by Gasteiger charge is 2.33. The second kappa shape index (κ2) is 9.03. The van der Waals surface area contributed by atoms with Gasteiger partial charge in [-0.15, -0.1) is 0 Å². The van der Waals surface area contributed by atoms with Crippen LogP contribution in [0, 0.1) is 5.82 Å². The molecular weight excluding hydrogens is 463 g/mol. The van der Waals surface area contributed by atoms with Crippen LogP contribution in [0.2, 0.25) is 0 Å². The van der Waals surface area contributed by atoms with Gasteiger partial charge in [0.25, 0.3) is 11.8 Å². The molecule has 0 atom stereocenters. The van der Waals surface area contributed by atoms with Gasteiger partial charge in [0.1, 0.15) is 16.4 Å². The Hall–Kier alpha value is -3.51. The molecule has 0 bridgehead atoms. The van der Waals surface area contributed by atoms with Crippen molar-refractivity contribution in [3.63, 3.8) is 0 Å². The van der Waals surface area contributed by atoms with Crippen molar-refractivity contribution in [3.8, 4) is 5.69 Å². The van der Waals surface area contributed by atoms with E-state index >= 15 is 0 Å². The minimum atomic E-state index is -3.84. The van der Waals surface area contributed by atoms with Crippen molar-refractivity contribution in [2.24, 2.45) is 12.8 Å². The van der Waals surface area contributed by atoms with Crippen LogP contribution in [0.15, 0.2) is 47.6 Å². The fourth-order valence-electron chi connectivity index (χ4n) is 4.07. The van der Waals surface area contributed by atoms with Crippen molar-refractivity contribution in [1.82, 2.24) is 23.6 Å². The second-order valence-corrected chi connectivity index (χ2v) is 9.92. The normalized spacial score (nSPS) is 15.0. The van der Waals surface area contributed by atoms with Crippen LogP contribution in [-0.2, 0) is 23.5 Å². The molecule has 1 aliphatic rings. The molecule has 10 nitrogen and oxygen atoms in total. The molecule has 0 unspecified atom stereocenters. The maximum Gasteiger partial charge on any atom is 0.265 e. The van der Waals surface area contributed by atoms with E-state index in [1.54, 1.807) is 28.8 Å². The van der Waals surface area contributed by atoms with Gasteiger partial charge in [-0.3, -0.25) is 9.59 Å². The Morgan fingerprint density at radius 3 is 2.32 bits per heavy atom. The van der Waals surface area contributed by atoms with Crippen molar-refractivity contribution in [2.75, 3.05) is 26.2 Å². The number of amides is 2. The summed E-state index contributed by atoms with van der Waals surface area (Å²) in [5.74, 6) is -1.32. The van der Waals surface area contributed by atoms with Gasteiger partial charge in [0.2, 0.25) is 10.0 Å². The van der Waals surface area contributed by atoms with Crippen LogP contribution < -0.4 is 5.73 Å². The van der Waals surface area contributed by atoms with Crippen LogP contribution >= 0.6 is 0 Å². The molecular formula is C22H25FN6O4S. The van der Waals surface area contributed by atoms with E-state index in [1.165, 1.54) is 39.5 Å². The zero-order chi connectivity index (χ0) is 24.6. The van der Waals surface area contributed by atoms with Crippen LogP contribution in [-0.4, -0.2) is 70.0 Å². The smallest absolute Gasteiger partial charge is 0.265 e. The lowest BCUT2D eigenvalue weighted by Crippen LogP contribution is -2.50. The molecule has 2 N–H and O–H groups in total. The van der Waals surface area contributed by atoms with Gasteiger partial charge in [-0.25, -0.2) is 17.5 Å². The third-order valence-corrected chi connectivity index (χ3v) is 7.77. The predicted octanol–water partition coefficient (Wildman–Crippen LogP) is 1.16. The zero-order valence-electron chi connectivity index (χ0n) is 18.8. The SMILES string of the molecule is CCc1c(C(=O)N2CCN(S(=O)(=O)c3cc(C(N)=O)n(C)c3)CC2)cnn1-c1ccc(F)cc1. The summed E-state index contributed by atoms with van der Waals surface area (Å²) in [6.07, 6.45) is 3.37. The van der Waals surface area contributed by atoms with Crippen LogP contribution in [0.3, 0.4) is 0 Å². The average Bonchev–Trinajstić information content (AvgIpc) is 3.43. The summed E-state index contributed by atoms with van der Waals surface area (Å²) >= 11 is 0. The second-order valence-electron chi connectivity index (χ2n) is 7.98. The zero-order valence-corrected chi connectivity index (χ0v) is 19.6. The van der Waals surface area contributed by atoms with Gasteiger partial charge in [-0.2, -0.15) is 9.40 Å². The molecule has 1 saturated heterocycles. The average molecular weight is 489 g/mol. The number of carbonyl (C=O) groups is 2. The van der Waals surface area contributed by atoms with Crippen LogP contribution in [0.4, 0.5) is 4.39 Å². The molecule has 3 heterocycles. The van der Waals surface area contributed by atoms with Crippen LogP contribution in [0.5, 0.6) is 0 Å². The highest BCUT2D eigenvalue weighted by atomic mass is 32.2. The first-order valence-electron chi connectivity index (χ1n) is 10.7. The summed E-state index contributed by atoms with van der Waals surface area (Å²) in [7, 11) is -2.29. The molecule has 34 heavy (non-hydrogen) atoms. The first kappa shape index (κ1) is 23.6. The number of aryl methyl sites for hydroxylation is 1. The van der Waals surface area contributed by atoms with Gasteiger partial charge in [0, 0.05) is 39.4 Å². The first-order chi connectivity index (χ1) is 16.1. The summed E-state index contributed by atoms with van der Waals surface area (Å²) in [5, 5.41) is 4.32. The Kier molecular flexibility index (Phi) is 6.28. The van der Waals surface area contributed by atoms with Gasteiger partial charge < -0.3 is 15.2 Å². The Morgan fingerprint density at radius 2 is 1.76 bits per heavy atom. The standard InChI is InChI=1S/C22H25FN6O4S/c1-3-19-18(13-25-29(19)16-6-4-15(23)5-7-16)22(31)27-8-10-28(11-9-27)34(32,33)17-12-20(21(24)30)26(2)14-17/h4-7,12-14H,3,8-11H2,1-2H3,(H2,24,30).